The van der Waals surface area contributed by atoms with Gasteiger partial charge in [-0.2, -0.15) is 0 Å². The molecule has 1 heterocycles. The molecule has 2 rings (SSSR count). The first-order chi connectivity index (χ1) is 7.72. The first kappa shape index (κ1) is 11.6. The lowest BCUT2D eigenvalue weighted by atomic mass is 9.84. The lowest BCUT2D eigenvalue weighted by Crippen LogP contribution is -2.39. The first-order valence-corrected chi connectivity index (χ1v) is 6.19. The van der Waals surface area contributed by atoms with Crippen LogP contribution >= 0.6 is 0 Å². The van der Waals surface area contributed by atoms with E-state index in [9.17, 15) is 0 Å². The van der Waals surface area contributed by atoms with Crippen LogP contribution in [0.4, 0.5) is 0 Å². The van der Waals surface area contributed by atoms with Gasteiger partial charge in [0, 0.05) is 6.04 Å². The standard InChI is InChI=1S/C14H22N2/c1-11-5-3-6-12(9-11)14-13(10-15)7-4-8-16(14)2/h3,5-6,9,13-14H,4,7-8,10,15H2,1-2H3/t13-,14-/m1/s1. The van der Waals surface area contributed by atoms with E-state index in [1.165, 1.54) is 30.5 Å². The summed E-state index contributed by atoms with van der Waals surface area (Å²) in [5.74, 6) is 0.612. The van der Waals surface area contributed by atoms with Gasteiger partial charge in [-0.15, -0.1) is 0 Å². The molecule has 2 nitrogen and oxygen atoms in total. The summed E-state index contributed by atoms with van der Waals surface area (Å²) in [4.78, 5) is 2.45. The SMILES string of the molecule is Cc1cccc([C@@H]2[C@@H](CN)CCCN2C)c1. The molecule has 0 saturated carbocycles. The number of benzene rings is 1. The van der Waals surface area contributed by atoms with E-state index in [1.807, 2.05) is 0 Å². The summed E-state index contributed by atoms with van der Waals surface area (Å²) in [5, 5.41) is 0. The van der Waals surface area contributed by atoms with Crippen molar-refractivity contribution >= 4 is 0 Å². The number of nitrogens with two attached hydrogens (primary N) is 1. The Bertz CT molecular complexity index is 348. The van der Waals surface area contributed by atoms with Crippen molar-refractivity contribution in [1.82, 2.24) is 4.90 Å². The van der Waals surface area contributed by atoms with Crippen LogP contribution in [0, 0.1) is 12.8 Å². The Kier molecular flexibility index (Phi) is 3.62. The van der Waals surface area contributed by atoms with E-state index in [2.05, 4.69) is 43.1 Å². The highest BCUT2D eigenvalue weighted by Gasteiger charge is 2.29. The van der Waals surface area contributed by atoms with Gasteiger partial charge in [0.1, 0.15) is 0 Å². The second-order valence-corrected chi connectivity index (χ2v) is 4.98. The van der Waals surface area contributed by atoms with E-state index in [4.69, 9.17) is 5.73 Å². The first-order valence-electron chi connectivity index (χ1n) is 6.19. The molecule has 88 valence electrons. The van der Waals surface area contributed by atoms with Gasteiger partial charge in [0.25, 0.3) is 0 Å². The Hall–Kier alpha value is -0.860. The van der Waals surface area contributed by atoms with Crippen molar-refractivity contribution in [2.45, 2.75) is 25.8 Å². The molecule has 1 aromatic rings. The Morgan fingerprint density at radius 2 is 2.25 bits per heavy atom. The molecule has 1 aliphatic rings. The monoisotopic (exact) mass is 218 g/mol. The zero-order chi connectivity index (χ0) is 11.5. The fraction of sp³-hybridized carbons (Fsp3) is 0.571. The topological polar surface area (TPSA) is 29.3 Å². The highest BCUT2D eigenvalue weighted by Crippen LogP contribution is 2.34. The van der Waals surface area contributed by atoms with Crippen molar-refractivity contribution in [1.29, 1.82) is 0 Å². The predicted molar refractivity (Wildman–Crippen MR) is 68.3 cm³/mol. The lowest BCUT2D eigenvalue weighted by Gasteiger charge is -2.39. The largest absolute Gasteiger partial charge is 0.330 e. The highest BCUT2D eigenvalue weighted by molar-refractivity contribution is 5.26. The van der Waals surface area contributed by atoms with Gasteiger partial charge in [-0.05, 0) is 51.4 Å². The van der Waals surface area contributed by atoms with Crippen molar-refractivity contribution in [2.75, 3.05) is 20.1 Å². The van der Waals surface area contributed by atoms with Crippen molar-refractivity contribution in [3.05, 3.63) is 35.4 Å². The maximum absolute atomic E-state index is 5.90. The third-order valence-electron chi connectivity index (χ3n) is 3.69. The number of hydrogen-bond donors (Lipinski definition) is 1. The number of nitrogens with zero attached hydrogens (tertiary/aromatic N) is 1. The minimum absolute atomic E-state index is 0.513. The molecular formula is C14H22N2. The molecule has 16 heavy (non-hydrogen) atoms. The molecule has 2 atom stereocenters. The van der Waals surface area contributed by atoms with Crippen LogP contribution in [0.15, 0.2) is 24.3 Å². The van der Waals surface area contributed by atoms with Gasteiger partial charge in [0.15, 0.2) is 0 Å². The summed E-state index contributed by atoms with van der Waals surface area (Å²) in [7, 11) is 2.22. The van der Waals surface area contributed by atoms with Crippen LogP contribution in [0.5, 0.6) is 0 Å². The molecular weight excluding hydrogens is 196 g/mol. The highest BCUT2D eigenvalue weighted by atomic mass is 15.1. The van der Waals surface area contributed by atoms with Gasteiger partial charge in [-0.25, -0.2) is 0 Å². The van der Waals surface area contributed by atoms with Crippen LogP contribution in [-0.2, 0) is 0 Å². The average Bonchev–Trinajstić information content (AvgIpc) is 2.28. The fourth-order valence-electron chi connectivity index (χ4n) is 2.89. The Balaban J connectivity index is 2.28. The maximum atomic E-state index is 5.90. The molecule has 2 heteroatoms. The van der Waals surface area contributed by atoms with Crippen LogP contribution in [-0.4, -0.2) is 25.0 Å². The average molecular weight is 218 g/mol. The molecule has 0 bridgehead atoms. The van der Waals surface area contributed by atoms with Crippen molar-refractivity contribution < 1.29 is 0 Å². The Morgan fingerprint density at radius 1 is 1.44 bits per heavy atom. The van der Waals surface area contributed by atoms with Gasteiger partial charge in [-0.1, -0.05) is 29.8 Å². The maximum Gasteiger partial charge on any atom is 0.0385 e. The second kappa shape index (κ2) is 4.98. The smallest absolute Gasteiger partial charge is 0.0385 e. The number of hydrogen-bond acceptors (Lipinski definition) is 2. The molecule has 0 unspecified atom stereocenters. The zero-order valence-electron chi connectivity index (χ0n) is 10.3. The zero-order valence-corrected chi connectivity index (χ0v) is 10.3. The third kappa shape index (κ3) is 2.28. The Labute approximate surface area is 98.4 Å². The summed E-state index contributed by atoms with van der Waals surface area (Å²) >= 11 is 0. The quantitative estimate of drug-likeness (QED) is 0.825. The normalized spacial score (nSPS) is 26.9. The van der Waals surface area contributed by atoms with E-state index in [0.29, 0.717) is 12.0 Å². The predicted octanol–water partition coefficient (Wildman–Crippen LogP) is 2.34. The molecule has 2 N–H and O–H groups in total. The number of rotatable bonds is 2. The molecule has 0 aromatic heterocycles. The lowest BCUT2D eigenvalue weighted by molar-refractivity contribution is 0.125. The molecule has 1 aromatic carbocycles. The molecule has 0 amide bonds. The van der Waals surface area contributed by atoms with E-state index >= 15 is 0 Å². The van der Waals surface area contributed by atoms with Gasteiger partial charge >= 0.3 is 0 Å². The summed E-state index contributed by atoms with van der Waals surface area (Å²) in [5.41, 5.74) is 8.67. The molecule has 1 aliphatic heterocycles. The van der Waals surface area contributed by atoms with Gasteiger partial charge < -0.3 is 5.73 Å². The molecule has 0 aliphatic carbocycles. The number of likely N-dealkylation sites (tertiary alicyclic amines) is 1. The molecule has 1 saturated heterocycles. The molecule has 0 radical (unpaired) electrons. The van der Waals surface area contributed by atoms with E-state index in [-0.39, 0.29) is 0 Å². The van der Waals surface area contributed by atoms with Gasteiger partial charge in [0.05, 0.1) is 0 Å². The molecule has 0 spiro atoms. The van der Waals surface area contributed by atoms with Crippen molar-refractivity contribution in [3.63, 3.8) is 0 Å². The van der Waals surface area contributed by atoms with Crippen LogP contribution < -0.4 is 5.73 Å². The summed E-state index contributed by atoms with van der Waals surface area (Å²) in [6.07, 6.45) is 2.54. The number of aryl methyl sites for hydroxylation is 1. The fourth-order valence-corrected chi connectivity index (χ4v) is 2.89. The van der Waals surface area contributed by atoms with Crippen LogP contribution in [0.2, 0.25) is 0 Å². The Morgan fingerprint density at radius 3 is 2.94 bits per heavy atom. The van der Waals surface area contributed by atoms with E-state index in [1.54, 1.807) is 0 Å². The summed E-state index contributed by atoms with van der Waals surface area (Å²) in [6, 6.07) is 9.36. The van der Waals surface area contributed by atoms with E-state index < -0.39 is 0 Å². The summed E-state index contributed by atoms with van der Waals surface area (Å²) in [6.45, 7) is 4.14. The minimum Gasteiger partial charge on any atom is -0.330 e. The minimum atomic E-state index is 0.513. The van der Waals surface area contributed by atoms with Crippen LogP contribution in [0.25, 0.3) is 0 Å². The summed E-state index contributed by atoms with van der Waals surface area (Å²) < 4.78 is 0. The second-order valence-electron chi connectivity index (χ2n) is 4.98. The molecule has 1 fully saturated rings. The number of piperidine rings is 1. The van der Waals surface area contributed by atoms with Crippen molar-refractivity contribution in [3.8, 4) is 0 Å². The van der Waals surface area contributed by atoms with Crippen LogP contribution in [0.3, 0.4) is 0 Å². The van der Waals surface area contributed by atoms with Gasteiger partial charge in [0.2, 0.25) is 0 Å². The third-order valence-corrected chi connectivity index (χ3v) is 3.69. The van der Waals surface area contributed by atoms with E-state index in [0.717, 1.165) is 6.54 Å². The van der Waals surface area contributed by atoms with Crippen LogP contribution in [0.1, 0.15) is 30.0 Å². The van der Waals surface area contributed by atoms with Crippen molar-refractivity contribution in [2.24, 2.45) is 11.7 Å². The van der Waals surface area contributed by atoms with Gasteiger partial charge in [-0.3, -0.25) is 4.90 Å².